The van der Waals surface area contributed by atoms with Crippen LogP contribution in [0, 0.1) is 17.2 Å². The Bertz CT molecular complexity index is 806. The molecule has 6 nitrogen and oxygen atoms in total. The smallest absolute Gasteiger partial charge is 0.235 e. The number of imide groups is 1. The van der Waals surface area contributed by atoms with Gasteiger partial charge in [-0.2, -0.15) is 0 Å². The number of fused-ring (bicyclic) bond motifs is 1. The third-order valence-electron chi connectivity index (χ3n) is 6.39. The average molecular weight is 403 g/mol. The number of halogens is 1. The lowest BCUT2D eigenvalue weighted by Gasteiger charge is -2.37. The van der Waals surface area contributed by atoms with Gasteiger partial charge in [0.2, 0.25) is 11.8 Å². The van der Waals surface area contributed by atoms with Gasteiger partial charge in [0.1, 0.15) is 11.6 Å². The predicted octanol–water partition coefficient (Wildman–Crippen LogP) is 2.52. The van der Waals surface area contributed by atoms with Crippen molar-refractivity contribution in [1.82, 2.24) is 9.80 Å². The summed E-state index contributed by atoms with van der Waals surface area (Å²) in [6, 6.07) is 4.68. The maximum atomic E-state index is 13.8. The fourth-order valence-corrected chi connectivity index (χ4v) is 4.53. The number of ether oxygens (including phenoxy) is 1. The molecule has 0 bridgehead atoms. The Kier molecular flexibility index (Phi) is 5.27. The summed E-state index contributed by atoms with van der Waals surface area (Å²) >= 11 is 0. The molecule has 0 N–H and O–H groups in total. The highest BCUT2D eigenvalue weighted by Gasteiger charge is 2.68. The largest absolute Gasteiger partial charge is 0.489 e. The number of hydrogen-bond donors (Lipinski definition) is 0. The van der Waals surface area contributed by atoms with Crippen molar-refractivity contribution in [3.8, 4) is 5.75 Å². The average Bonchev–Trinajstić information content (AvgIpc) is 3.34. The summed E-state index contributed by atoms with van der Waals surface area (Å²) in [4.78, 5) is 30.5. The topological polar surface area (TPSA) is 53.1 Å². The number of piperazine rings is 1. The van der Waals surface area contributed by atoms with Gasteiger partial charge >= 0.3 is 0 Å². The first kappa shape index (κ1) is 20.1. The molecule has 7 heteroatoms. The standard InChI is InChI=1S/C22H30FN3O3/c1-15(2)29-19-6-5-16(23)13-18(19)25-11-9-24(10-12-25)7-4-8-26-20(27)17-14-22(17,3)21(26)28/h5-6,13,15,17H,4,7-12,14H2,1-3H3. The van der Waals surface area contributed by atoms with E-state index in [4.69, 9.17) is 4.74 Å². The van der Waals surface area contributed by atoms with Crippen LogP contribution in [-0.4, -0.2) is 67.0 Å². The minimum Gasteiger partial charge on any atom is -0.489 e. The molecular formula is C22H30FN3O3. The highest BCUT2D eigenvalue weighted by atomic mass is 19.1. The monoisotopic (exact) mass is 403 g/mol. The molecule has 4 rings (SSSR count). The number of hydrogen-bond acceptors (Lipinski definition) is 5. The van der Waals surface area contributed by atoms with Gasteiger partial charge in [-0.25, -0.2) is 4.39 Å². The van der Waals surface area contributed by atoms with E-state index < -0.39 is 5.41 Å². The van der Waals surface area contributed by atoms with E-state index in [1.165, 1.54) is 11.0 Å². The molecule has 2 atom stereocenters. The molecule has 2 saturated heterocycles. The number of likely N-dealkylation sites (tertiary alicyclic amines) is 1. The van der Waals surface area contributed by atoms with Crippen LogP contribution >= 0.6 is 0 Å². The van der Waals surface area contributed by atoms with Crippen LogP contribution in [0.1, 0.15) is 33.6 Å². The molecule has 0 aromatic heterocycles. The SMILES string of the molecule is CC(C)Oc1ccc(F)cc1N1CCN(CCCN2C(=O)C3CC3(C)C2=O)CC1. The van der Waals surface area contributed by atoms with Gasteiger partial charge in [-0.1, -0.05) is 0 Å². The van der Waals surface area contributed by atoms with Crippen LogP contribution in [0.2, 0.25) is 0 Å². The van der Waals surface area contributed by atoms with Crippen molar-refractivity contribution < 1.29 is 18.7 Å². The van der Waals surface area contributed by atoms with Crippen LogP contribution in [0.5, 0.6) is 5.75 Å². The quantitative estimate of drug-likeness (QED) is 0.655. The Morgan fingerprint density at radius 2 is 1.90 bits per heavy atom. The Balaban J connectivity index is 1.27. The summed E-state index contributed by atoms with van der Waals surface area (Å²) in [6.45, 7) is 10.5. The molecule has 1 saturated carbocycles. The molecule has 0 spiro atoms. The highest BCUT2D eigenvalue weighted by Crippen LogP contribution is 2.58. The molecule has 1 aliphatic carbocycles. The zero-order valence-corrected chi connectivity index (χ0v) is 17.5. The Morgan fingerprint density at radius 3 is 2.52 bits per heavy atom. The molecule has 2 amide bonds. The highest BCUT2D eigenvalue weighted by molar-refractivity contribution is 6.11. The molecule has 158 valence electrons. The van der Waals surface area contributed by atoms with Gasteiger partial charge in [0.25, 0.3) is 0 Å². The molecule has 2 unspecified atom stereocenters. The fourth-order valence-electron chi connectivity index (χ4n) is 4.53. The zero-order chi connectivity index (χ0) is 20.8. The first-order valence-electron chi connectivity index (χ1n) is 10.6. The van der Waals surface area contributed by atoms with Crippen LogP contribution in [0.3, 0.4) is 0 Å². The molecule has 3 fully saturated rings. The molecule has 29 heavy (non-hydrogen) atoms. The van der Waals surface area contributed by atoms with Crippen LogP contribution in [0.4, 0.5) is 10.1 Å². The molecular weight excluding hydrogens is 373 g/mol. The molecule has 3 aliphatic rings. The lowest BCUT2D eigenvalue weighted by molar-refractivity contribution is -0.142. The number of rotatable bonds is 7. The fraction of sp³-hybridized carbons (Fsp3) is 0.636. The third kappa shape index (κ3) is 3.84. The van der Waals surface area contributed by atoms with Gasteiger partial charge in [-0.05, 0) is 52.3 Å². The lowest BCUT2D eigenvalue weighted by Crippen LogP contribution is -2.47. The molecule has 0 radical (unpaired) electrons. The third-order valence-corrected chi connectivity index (χ3v) is 6.39. The Morgan fingerprint density at radius 1 is 1.17 bits per heavy atom. The van der Waals surface area contributed by atoms with Crippen molar-refractivity contribution in [2.24, 2.45) is 11.3 Å². The second-order valence-corrected chi connectivity index (χ2v) is 8.93. The zero-order valence-electron chi connectivity index (χ0n) is 17.5. The van der Waals surface area contributed by atoms with Crippen LogP contribution in [0.25, 0.3) is 0 Å². The first-order valence-corrected chi connectivity index (χ1v) is 10.6. The second kappa shape index (κ2) is 7.59. The number of amides is 2. The number of benzene rings is 1. The van der Waals surface area contributed by atoms with Gasteiger partial charge in [0.05, 0.1) is 23.1 Å². The summed E-state index contributed by atoms with van der Waals surface area (Å²) in [7, 11) is 0. The Labute approximate surface area is 171 Å². The van der Waals surface area contributed by atoms with Crippen molar-refractivity contribution >= 4 is 17.5 Å². The minimum absolute atomic E-state index is 0.0149. The maximum absolute atomic E-state index is 13.8. The molecule has 2 heterocycles. The molecule has 2 aliphatic heterocycles. The van der Waals surface area contributed by atoms with Crippen LogP contribution in [-0.2, 0) is 9.59 Å². The van der Waals surface area contributed by atoms with Crippen molar-refractivity contribution in [2.75, 3.05) is 44.2 Å². The summed E-state index contributed by atoms with van der Waals surface area (Å²) in [5.41, 5.74) is 0.405. The van der Waals surface area contributed by atoms with E-state index >= 15 is 0 Å². The van der Waals surface area contributed by atoms with Crippen molar-refractivity contribution in [3.63, 3.8) is 0 Å². The number of carbonyl (C=O) groups is 2. The number of anilines is 1. The number of carbonyl (C=O) groups excluding carboxylic acids is 2. The first-order chi connectivity index (χ1) is 13.8. The van der Waals surface area contributed by atoms with Gasteiger partial charge < -0.3 is 9.64 Å². The molecule has 1 aromatic carbocycles. The van der Waals surface area contributed by atoms with Gasteiger partial charge in [-0.15, -0.1) is 0 Å². The Hall–Kier alpha value is -2.15. The molecule has 1 aromatic rings. The van der Waals surface area contributed by atoms with E-state index in [2.05, 4.69) is 9.80 Å². The van der Waals surface area contributed by atoms with E-state index in [9.17, 15) is 14.0 Å². The van der Waals surface area contributed by atoms with Gasteiger partial charge in [0.15, 0.2) is 0 Å². The van der Waals surface area contributed by atoms with Gasteiger partial charge in [0, 0.05) is 38.8 Å². The predicted molar refractivity (Wildman–Crippen MR) is 108 cm³/mol. The number of nitrogens with zero attached hydrogens (tertiary/aromatic N) is 3. The van der Waals surface area contributed by atoms with E-state index in [0.717, 1.165) is 51.3 Å². The number of piperidine rings is 1. The van der Waals surface area contributed by atoms with Crippen LogP contribution in [0.15, 0.2) is 18.2 Å². The van der Waals surface area contributed by atoms with Crippen molar-refractivity contribution in [1.29, 1.82) is 0 Å². The summed E-state index contributed by atoms with van der Waals surface area (Å²) < 4.78 is 19.7. The second-order valence-electron chi connectivity index (χ2n) is 8.93. The maximum Gasteiger partial charge on any atom is 0.235 e. The van der Waals surface area contributed by atoms with E-state index in [1.807, 2.05) is 20.8 Å². The van der Waals surface area contributed by atoms with Crippen LogP contribution < -0.4 is 9.64 Å². The summed E-state index contributed by atoms with van der Waals surface area (Å²) in [5, 5.41) is 0. The van der Waals surface area contributed by atoms with Crippen molar-refractivity contribution in [2.45, 2.75) is 39.7 Å². The summed E-state index contributed by atoms with van der Waals surface area (Å²) in [5.74, 6) is 0.428. The summed E-state index contributed by atoms with van der Waals surface area (Å²) in [6.07, 6.45) is 1.55. The normalized spacial score (nSPS) is 27.0. The van der Waals surface area contributed by atoms with Gasteiger partial charge in [-0.3, -0.25) is 19.4 Å². The van der Waals surface area contributed by atoms with Crippen molar-refractivity contribution in [3.05, 3.63) is 24.0 Å². The minimum atomic E-state index is -0.399. The van der Waals surface area contributed by atoms with E-state index in [-0.39, 0.29) is 29.7 Å². The lowest BCUT2D eigenvalue weighted by atomic mass is 10.1. The van der Waals surface area contributed by atoms with E-state index in [1.54, 1.807) is 12.1 Å². The van der Waals surface area contributed by atoms with E-state index in [0.29, 0.717) is 12.3 Å².